The number of carboxylic acid groups (broad SMARTS) is 1. The molecule has 5 nitrogen and oxygen atoms in total. The van der Waals surface area contributed by atoms with Crippen molar-refractivity contribution in [2.45, 2.75) is 17.4 Å². The van der Waals surface area contributed by atoms with E-state index in [1.54, 1.807) is 36.4 Å². The summed E-state index contributed by atoms with van der Waals surface area (Å²) in [7, 11) is 1.34. The molecule has 0 aliphatic carbocycles. The van der Waals surface area contributed by atoms with Crippen molar-refractivity contribution in [2.24, 2.45) is 0 Å². The van der Waals surface area contributed by atoms with E-state index in [0.29, 0.717) is 17.9 Å². The molecule has 0 aliphatic heterocycles. The topological polar surface area (TPSA) is 72.8 Å². The number of hydrogen-bond donors (Lipinski definition) is 1. The lowest BCUT2D eigenvalue weighted by Gasteiger charge is -2.15. The van der Waals surface area contributed by atoms with E-state index < -0.39 is 17.8 Å². The van der Waals surface area contributed by atoms with Crippen LogP contribution < -0.4 is 4.74 Å². The second-order valence-corrected chi connectivity index (χ2v) is 6.67. The van der Waals surface area contributed by atoms with Crippen molar-refractivity contribution in [3.05, 3.63) is 65.5 Å². The molecule has 2 aromatic carbocycles. The number of benzene rings is 2. The molecule has 0 aliphatic rings. The van der Waals surface area contributed by atoms with E-state index in [1.807, 2.05) is 0 Å². The van der Waals surface area contributed by atoms with Gasteiger partial charge in [-0.15, -0.1) is 11.8 Å². The van der Waals surface area contributed by atoms with E-state index >= 15 is 0 Å². The van der Waals surface area contributed by atoms with Gasteiger partial charge in [-0.05, 0) is 41.8 Å². The van der Waals surface area contributed by atoms with E-state index in [9.17, 15) is 14.0 Å². The highest BCUT2D eigenvalue weighted by molar-refractivity contribution is 7.99. The third-order valence-corrected chi connectivity index (χ3v) is 4.80. The van der Waals surface area contributed by atoms with E-state index in [2.05, 4.69) is 0 Å². The zero-order chi connectivity index (χ0) is 18.9. The van der Waals surface area contributed by atoms with Crippen LogP contribution in [0.4, 0.5) is 4.39 Å². The maximum Gasteiger partial charge on any atom is 0.341 e. The molecular weight excluding hydrogens is 359 g/mol. The third-order valence-electron chi connectivity index (χ3n) is 3.54. The number of esters is 1. The van der Waals surface area contributed by atoms with Crippen LogP contribution in [0.2, 0.25) is 0 Å². The lowest BCUT2D eigenvalue weighted by atomic mass is 10.1. The Bertz CT molecular complexity index is 731. The number of halogens is 1. The van der Waals surface area contributed by atoms with Gasteiger partial charge in [-0.3, -0.25) is 4.79 Å². The summed E-state index contributed by atoms with van der Waals surface area (Å²) in [6.07, 6.45) is 0.456. The Labute approximate surface area is 155 Å². The fraction of sp³-hybridized carbons (Fsp3) is 0.263. The van der Waals surface area contributed by atoms with E-state index in [1.165, 1.54) is 31.0 Å². The van der Waals surface area contributed by atoms with Crippen LogP contribution in [0, 0.1) is 5.82 Å². The molecule has 1 unspecified atom stereocenters. The van der Waals surface area contributed by atoms with Gasteiger partial charge in [0.25, 0.3) is 0 Å². The van der Waals surface area contributed by atoms with E-state index in [0.717, 1.165) is 11.1 Å². The SMILES string of the molecule is COC(=O)C(Cc1ccc(OCC(=O)O)cc1)SCc1ccc(F)cc1. The number of rotatable bonds is 9. The molecule has 138 valence electrons. The van der Waals surface area contributed by atoms with Crippen LogP contribution >= 0.6 is 11.8 Å². The molecule has 0 saturated carbocycles. The van der Waals surface area contributed by atoms with Gasteiger partial charge in [0, 0.05) is 5.75 Å². The Morgan fingerprint density at radius 1 is 1.08 bits per heavy atom. The normalized spacial score (nSPS) is 11.6. The molecule has 1 atom stereocenters. The highest BCUT2D eigenvalue weighted by Gasteiger charge is 2.20. The van der Waals surface area contributed by atoms with Crippen LogP contribution in [0.1, 0.15) is 11.1 Å². The summed E-state index contributed by atoms with van der Waals surface area (Å²) < 4.78 is 22.9. The minimum atomic E-state index is -1.04. The average Bonchev–Trinajstić information content (AvgIpc) is 2.65. The summed E-state index contributed by atoms with van der Waals surface area (Å²) in [6.45, 7) is -0.405. The molecular formula is C19H19FO5S. The molecule has 0 spiro atoms. The summed E-state index contributed by atoms with van der Waals surface area (Å²) in [5.41, 5.74) is 1.82. The first-order valence-corrected chi connectivity index (χ1v) is 8.90. The quantitative estimate of drug-likeness (QED) is 0.675. The number of carbonyl (C=O) groups excluding carboxylic acids is 1. The molecule has 1 N–H and O–H groups in total. The van der Waals surface area contributed by atoms with Gasteiger partial charge in [0.2, 0.25) is 0 Å². The molecule has 2 aromatic rings. The summed E-state index contributed by atoms with van der Waals surface area (Å²) in [6, 6.07) is 13.0. The molecule has 0 heterocycles. The van der Waals surface area contributed by atoms with Gasteiger partial charge in [0.05, 0.1) is 7.11 Å². The lowest BCUT2D eigenvalue weighted by molar-refractivity contribution is -0.140. The first-order valence-electron chi connectivity index (χ1n) is 7.85. The minimum absolute atomic E-state index is 0.298. The minimum Gasteiger partial charge on any atom is -0.482 e. The van der Waals surface area contributed by atoms with E-state index in [-0.39, 0.29) is 11.8 Å². The van der Waals surface area contributed by atoms with Crippen LogP contribution in [0.3, 0.4) is 0 Å². The number of carbonyl (C=O) groups is 2. The Morgan fingerprint density at radius 3 is 2.27 bits per heavy atom. The van der Waals surface area contributed by atoms with Gasteiger partial charge in [-0.2, -0.15) is 0 Å². The fourth-order valence-corrected chi connectivity index (χ4v) is 3.33. The monoisotopic (exact) mass is 378 g/mol. The molecule has 0 amide bonds. The summed E-state index contributed by atoms with van der Waals surface area (Å²) in [5, 5.41) is 8.20. The number of carboxylic acids is 1. The standard InChI is InChI=1S/C19H19FO5S/c1-24-19(23)17(26-12-14-2-6-15(20)7-3-14)10-13-4-8-16(9-5-13)25-11-18(21)22/h2-9,17H,10-12H2,1H3,(H,21,22). The summed E-state index contributed by atoms with van der Waals surface area (Å²) in [5.74, 6) is -0.668. The van der Waals surface area contributed by atoms with Crippen LogP contribution in [0.5, 0.6) is 5.75 Å². The van der Waals surface area contributed by atoms with Crippen molar-refractivity contribution in [2.75, 3.05) is 13.7 Å². The number of aliphatic carboxylic acids is 1. The van der Waals surface area contributed by atoms with Crippen molar-refractivity contribution in [1.29, 1.82) is 0 Å². The van der Waals surface area contributed by atoms with Gasteiger partial charge >= 0.3 is 11.9 Å². The highest BCUT2D eigenvalue weighted by Crippen LogP contribution is 2.24. The Morgan fingerprint density at radius 2 is 1.69 bits per heavy atom. The lowest BCUT2D eigenvalue weighted by Crippen LogP contribution is -2.21. The Kier molecular flexibility index (Phi) is 7.47. The maximum absolute atomic E-state index is 13.0. The van der Waals surface area contributed by atoms with Crippen molar-refractivity contribution in [3.63, 3.8) is 0 Å². The van der Waals surface area contributed by atoms with Crippen LogP contribution in [0.25, 0.3) is 0 Å². The molecule has 0 radical (unpaired) electrons. The molecule has 7 heteroatoms. The first-order chi connectivity index (χ1) is 12.5. The molecule has 0 aromatic heterocycles. The number of ether oxygens (including phenoxy) is 2. The van der Waals surface area contributed by atoms with Crippen LogP contribution in [-0.2, 0) is 26.5 Å². The third kappa shape index (κ3) is 6.40. The Balaban J connectivity index is 1.97. The molecule has 0 saturated heterocycles. The van der Waals surface area contributed by atoms with Gasteiger partial charge in [-0.25, -0.2) is 9.18 Å². The summed E-state index contributed by atoms with van der Waals surface area (Å²) >= 11 is 1.42. The van der Waals surface area contributed by atoms with Crippen molar-refractivity contribution in [1.82, 2.24) is 0 Å². The van der Waals surface area contributed by atoms with Crippen LogP contribution in [0.15, 0.2) is 48.5 Å². The number of hydrogen-bond acceptors (Lipinski definition) is 5. The molecule has 0 fully saturated rings. The van der Waals surface area contributed by atoms with Gasteiger partial charge in [0.1, 0.15) is 16.8 Å². The fourth-order valence-electron chi connectivity index (χ4n) is 2.20. The predicted molar refractivity (Wildman–Crippen MR) is 96.8 cm³/mol. The highest BCUT2D eigenvalue weighted by atomic mass is 32.2. The average molecular weight is 378 g/mol. The van der Waals surface area contributed by atoms with Gasteiger partial charge in [-0.1, -0.05) is 24.3 Å². The number of methoxy groups -OCH3 is 1. The second kappa shape index (κ2) is 9.82. The summed E-state index contributed by atoms with van der Waals surface area (Å²) in [4.78, 5) is 22.5. The maximum atomic E-state index is 13.0. The van der Waals surface area contributed by atoms with Gasteiger partial charge < -0.3 is 14.6 Å². The Hall–Kier alpha value is -2.54. The smallest absolute Gasteiger partial charge is 0.341 e. The molecule has 0 bridgehead atoms. The zero-order valence-corrected chi connectivity index (χ0v) is 15.0. The molecule has 26 heavy (non-hydrogen) atoms. The van der Waals surface area contributed by atoms with Crippen LogP contribution in [-0.4, -0.2) is 36.0 Å². The van der Waals surface area contributed by atoms with Gasteiger partial charge in [0.15, 0.2) is 6.61 Å². The zero-order valence-electron chi connectivity index (χ0n) is 14.2. The number of thioether (sulfide) groups is 1. The molecule has 2 rings (SSSR count). The van der Waals surface area contributed by atoms with E-state index in [4.69, 9.17) is 14.6 Å². The first kappa shape index (κ1) is 19.8. The van der Waals surface area contributed by atoms with Crippen molar-refractivity contribution >= 4 is 23.7 Å². The largest absolute Gasteiger partial charge is 0.482 e. The second-order valence-electron chi connectivity index (χ2n) is 5.48. The predicted octanol–water partition coefficient (Wildman–Crippen LogP) is 3.31. The van der Waals surface area contributed by atoms with Crippen molar-refractivity contribution < 1.29 is 28.6 Å². The van der Waals surface area contributed by atoms with Crippen molar-refractivity contribution in [3.8, 4) is 5.75 Å².